The largest absolute Gasteiger partial charge is 0.396 e. The third kappa shape index (κ3) is 3.03. The Morgan fingerprint density at radius 2 is 2.26 bits per heavy atom. The number of hydrogen-bond donors (Lipinski definition) is 1. The molecule has 19 heavy (non-hydrogen) atoms. The second kappa shape index (κ2) is 6.29. The first-order valence-corrected chi connectivity index (χ1v) is 7.10. The predicted octanol–water partition coefficient (Wildman–Crippen LogP) is 2.49. The average molecular weight is 330 g/mol. The van der Waals surface area contributed by atoms with E-state index in [1.165, 1.54) is 6.20 Å². The maximum Gasteiger partial charge on any atom is 0.311 e. The van der Waals surface area contributed by atoms with Gasteiger partial charge < -0.3 is 10.0 Å². The highest BCUT2D eigenvalue weighted by Crippen LogP contribution is 2.39. The third-order valence-electron chi connectivity index (χ3n) is 3.41. The summed E-state index contributed by atoms with van der Waals surface area (Å²) in [6.07, 6.45) is 6.69. The molecule has 0 saturated heterocycles. The number of aromatic nitrogens is 1. The van der Waals surface area contributed by atoms with Gasteiger partial charge in [-0.3, -0.25) is 15.1 Å². The normalized spacial score (nSPS) is 15.1. The van der Waals surface area contributed by atoms with Crippen LogP contribution in [0.5, 0.6) is 0 Å². The minimum atomic E-state index is -0.405. The molecule has 104 valence electrons. The molecule has 1 N–H and O–H groups in total. The van der Waals surface area contributed by atoms with Crippen LogP contribution in [0.1, 0.15) is 25.7 Å². The minimum Gasteiger partial charge on any atom is -0.396 e. The zero-order chi connectivity index (χ0) is 13.8. The molecule has 0 spiro atoms. The van der Waals surface area contributed by atoms with E-state index >= 15 is 0 Å². The Bertz CT molecular complexity index is 466. The summed E-state index contributed by atoms with van der Waals surface area (Å²) < 4.78 is 0.631. The molecule has 1 saturated carbocycles. The Balaban J connectivity index is 2.36. The van der Waals surface area contributed by atoms with E-state index in [2.05, 4.69) is 20.9 Å². The van der Waals surface area contributed by atoms with Crippen LogP contribution < -0.4 is 4.90 Å². The minimum absolute atomic E-state index is 0.0132. The van der Waals surface area contributed by atoms with Gasteiger partial charge in [0.05, 0.1) is 9.40 Å². The molecular formula is C12H16BrN3O3. The van der Waals surface area contributed by atoms with Crippen molar-refractivity contribution in [3.63, 3.8) is 0 Å². The van der Waals surface area contributed by atoms with Crippen LogP contribution in [0.15, 0.2) is 16.9 Å². The SMILES string of the molecule is O=[N+]([O-])c1cncc(Br)c1N(CCCO)C1CCC1. The summed E-state index contributed by atoms with van der Waals surface area (Å²) in [4.78, 5) is 16.6. The van der Waals surface area contributed by atoms with Crippen molar-refractivity contribution < 1.29 is 10.0 Å². The van der Waals surface area contributed by atoms with Gasteiger partial charge in [-0.2, -0.15) is 0 Å². The molecule has 1 fully saturated rings. The summed E-state index contributed by atoms with van der Waals surface area (Å²) in [5, 5.41) is 20.1. The summed E-state index contributed by atoms with van der Waals surface area (Å²) in [5.74, 6) is 0. The fourth-order valence-corrected chi connectivity index (χ4v) is 2.80. The number of hydrogen-bond acceptors (Lipinski definition) is 5. The molecule has 1 aromatic rings. The summed E-state index contributed by atoms with van der Waals surface area (Å²) in [6.45, 7) is 0.699. The molecule has 0 radical (unpaired) electrons. The fourth-order valence-electron chi connectivity index (χ4n) is 2.25. The quantitative estimate of drug-likeness (QED) is 0.640. The highest BCUT2D eigenvalue weighted by atomic mass is 79.9. The summed E-state index contributed by atoms with van der Waals surface area (Å²) in [6, 6.07) is 0.323. The second-order valence-corrected chi connectivity index (χ2v) is 5.46. The number of aliphatic hydroxyl groups excluding tert-OH is 1. The molecule has 7 heteroatoms. The number of aliphatic hydroxyl groups is 1. The number of pyridine rings is 1. The van der Waals surface area contributed by atoms with E-state index in [1.807, 2.05) is 4.90 Å². The Labute approximate surface area is 119 Å². The van der Waals surface area contributed by atoms with Gasteiger partial charge in [0.2, 0.25) is 0 Å². The monoisotopic (exact) mass is 329 g/mol. The molecule has 1 aliphatic rings. The molecule has 0 bridgehead atoms. The van der Waals surface area contributed by atoms with Crippen LogP contribution in [-0.2, 0) is 0 Å². The molecule has 0 aliphatic heterocycles. The Morgan fingerprint density at radius 3 is 2.79 bits per heavy atom. The maximum absolute atomic E-state index is 11.1. The molecule has 0 amide bonds. The van der Waals surface area contributed by atoms with Gasteiger partial charge in [0.25, 0.3) is 0 Å². The standard InChI is InChI=1S/C12H16BrN3O3/c13-10-7-14-8-11(16(18)19)12(10)15(5-2-6-17)9-3-1-4-9/h7-9,17H,1-6H2. The van der Waals surface area contributed by atoms with Crippen molar-refractivity contribution in [3.8, 4) is 0 Å². The van der Waals surface area contributed by atoms with Crippen LogP contribution in [0, 0.1) is 10.1 Å². The van der Waals surface area contributed by atoms with Crippen LogP contribution in [-0.4, -0.2) is 34.2 Å². The lowest BCUT2D eigenvalue weighted by Crippen LogP contribution is -2.41. The van der Waals surface area contributed by atoms with E-state index in [0.717, 1.165) is 19.3 Å². The van der Waals surface area contributed by atoms with Gasteiger partial charge in [-0.05, 0) is 41.6 Å². The van der Waals surface area contributed by atoms with Gasteiger partial charge in [0.1, 0.15) is 11.9 Å². The van der Waals surface area contributed by atoms with E-state index in [0.29, 0.717) is 29.2 Å². The van der Waals surface area contributed by atoms with E-state index in [-0.39, 0.29) is 12.3 Å². The Morgan fingerprint density at radius 1 is 1.53 bits per heavy atom. The van der Waals surface area contributed by atoms with Crippen LogP contribution in [0.25, 0.3) is 0 Å². The van der Waals surface area contributed by atoms with E-state index in [1.54, 1.807) is 6.20 Å². The Kier molecular flexibility index (Phi) is 4.71. The van der Waals surface area contributed by atoms with Crippen molar-refractivity contribution in [2.75, 3.05) is 18.1 Å². The molecule has 2 rings (SSSR count). The summed E-state index contributed by atoms with van der Waals surface area (Å²) >= 11 is 3.36. The molecular weight excluding hydrogens is 314 g/mol. The Hall–Kier alpha value is -1.21. The van der Waals surface area contributed by atoms with Crippen molar-refractivity contribution in [2.45, 2.75) is 31.7 Å². The van der Waals surface area contributed by atoms with Crippen LogP contribution in [0.3, 0.4) is 0 Å². The van der Waals surface area contributed by atoms with Gasteiger partial charge in [-0.25, -0.2) is 0 Å². The number of rotatable bonds is 6. The van der Waals surface area contributed by atoms with E-state index in [4.69, 9.17) is 5.11 Å². The van der Waals surface area contributed by atoms with Crippen molar-refractivity contribution in [3.05, 3.63) is 27.0 Å². The highest BCUT2D eigenvalue weighted by Gasteiger charge is 2.31. The van der Waals surface area contributed by atoms with Gasteiger partial charge in [-0.15, -0.1) is 0 Å². The number of halogens is 1. The molecule has 0 atom stereocenters. The molecule has 1 aliphatic carbocycles. The average Bonchev–Trinajstić information content (AvgIpc) is 2.32. The predicted molar refractivity (Wildman–Crippen MR) is 75.3 cm³/mol. The molecule has 1 aromatic heterocycles. The van der Waals surface area contributed by atoms with Crippen molar-refractivity contribution in [2.24, 2.45) is 0 Å². The van der Waals surface area contributed by atoms with E-state index in [9.17, 15) is 10.1 Å². The number of nitro groups is 1. The maximum atomic E-state index is 11.1. The lowest BCUT2D eigenvalue weighted by molar-refractivity contribution is -0.384. The summed E-state index contributed by atoms with van der Waals surface area (Å²) in [5.41, 5.74) is 0.595. The van der Waals surface area contributed by atoms with Gasteiger partial charge in [0, 0.05) is 25.4 Å². The first-order valence-electron chi connectivity index (χ1n) is 6.30. The zero-order valence-corrected chi connectivity index (χ0v) is 12.0. The smallest absolute Gasteiger partial charge is 0.311 e. The van der Waals surface area contributed by atoms with Gasteiger partial charge in [-0.1, -0.05) is 0 Å². The van der Waals surface area contributed by atoms with Crippen molar-refractivity contribution in [1.29, 1.82) is 0 Å². The first kappa shape index (κ1) is 14.2. The van der Waals surface area contributed by atoms with E-state index < -0.39 is 4.92 Å². The summed E-state index contributed by atoms with van der Waals surface area (Å²) in [7, 11) is 0. The molecule has 1 heterocycles. The fraction of sp³-hybridized carbons (Fsp3) is 0.583. The lowest BCUT2D eigenvalue weighted by atomic mass is 9.91. The zero-order valence-electron chi connectivity index (χ0n) is 10.5. The number of nitrogens with zero attached hydrogens (tertiary/aromatic N) is 3. The van der Waals surface area contributed by atoms with Crippen LogP contribution in [0.4, 0.5) is 11.4 Å². The highest BCUT2D eigenvalue weighted by molar-refractivity contribution is 9.10. The first-order chi connectivity index (χ1) is 9.15. The van der Waals surface area contributed by atoms with Crippen molar-refractivity contribution in [1.82, 2.24) is 4.98 Å². The van der Waals surface area contributed by atoms with Gasteiger partial charge >= 0.3 is 5.69 Å². The van der Waals surface area contributed by atoms with Crippen LogP contribution in [0.2, 0.25) is 0 Å². The third-order valence-corrected chi connectivity index (χ3v) is 3.99. The van der Waals surface area contributed by atoms with Crippen molar-refractivity contribution >= 4 is 27.3 Å². The molecule has 0 unspecified atom stereocenters. The second-order valence-electron chi connectivity index (χ2n) is 4.60. The van der Waals surface area contributed by atoms with Crippen LogP contribution >= 0.6 is 15.9 Å². The lowest BCUT2D eigenvalue weighted by Gasteiger charge is -2.39. The topological polar surface area (TPSA) is 79.5 Å². The number of anilines is 1. The molecule has 0 aromatic carbocycles. The molecule has 6 nitrogen and oxygen atoms in total. The van der Waals surface area contributed by atoms with Gasteiger partial charge in [0.15, 0.2) is 0 Å².